The molecule has 3 unspecified atom stereocenters. The standard InChI is InChI=1S/C17H28N2/c1-12(2)15-8-6-7-9-17(15)19-11-10-16(18-5)13(3)14(19)4/h6-9,12-14,16,18H,10-11H2,1-5H3. The van der Waals surface area contributed by atoms with Crippen molar-refractivity contribution < 1.29 is 0 Å². The molecule has 1 heterocycles. The highest BCUT2D eigenvalue weighted by molar-refractivity contribution is 5.56. The van der Waals surface area contributed by atoms with Gasteiger partial charge in [-0.15, -0.1) is 0 Å². The molecule has 0 saturated carbocycles. The third-order valence-electron chi connectivity index (χ3n) is 4.81. The first kappa shape index (κ1) is 14.4. The number of nitrogens with zero attached hydrogens (tertiary/aromatic N) is 1. The zero-order chi connectivity index (χ0) is 14.0. The van der Waals surface area contributed by atoms with Gasteiger partial charge in [0.25, 0.3) is 0 Å². The van der Waals surface area contributed by atoms with Crippen molar-refractivity contribution in [1.29, 1.82) is 0 Å². The highest BCUT2D eigenvalue weighted by Gasteiger charge is 2.32. The van der Waals surface area contributed by atoms with E-state index in [1.807, 2.05) is 0 Å². The Morgan fingerprint density at radius 2 is 1.89 bits per heavy atom. The summed E-state index contributed by atoms with van der Waals surface area (Å²) >= 11 is 0. The smallest absolute Gasteiger partial charge is 0.0403 e. The van der Waals surface area contributed by atoms with Crippen LogP contribution >= 0.6 is 0 Å². The topological polar surface area (TPSA) is 15.3 Å². The van der Waals surface area contributed by atoms with Gasteiger partial charge in [0.1, 0.15) is 0 Å². The van der Waals surface area contributed by atoms with Crippen LogP contribution in [0, 0.1) is 5.92 Å². The number of anilines is 1. The minimum absolute atomic E-state index is 0.584. The maximum atomic E-state index is 3.47. The molecule has 1 aliphatic heterocycles. The first-order chi connectivity index (χ1) is 9.06. The predicted octanol–water partition coefficient (Wildman–Crippen LogP) is 3.63. The van der Waals surface area contributed by atoms with Gasteiger partial charge < -0.3 is 10.2 Å². The van der Waals surface area contributed by atoms with E-state index in [2.05, 4.69) is 69.2 Å². The molecule has 0 aromatic heterocycles. The van der Waals surface area contributed by atoms with Crippen molar-refractivity contribution in [3.05, 3.63) is 29.8 Å². The first-order valence-corrected chi connectivity index (χ1v) is 7.59. The van der Waals surface area contributed by atoms with Crippen LogP contribution in [0.15, 0.2) is 24.3 Å². The normalized spacial score (nSPS) is 27.9. The van der Waals surface area contributed by atoms with Crippen LogP contribution in [0.1, 0.15) is 45.6 Å². The molecule has 0 aliphatic carbocycles. The fraction of sp³-hybridized carbons (Fsp3) is 0.647. The molecule has 0 spiro atoms. The van der Waals surface area contributed by atoms with Crippen molar-refractivity contribution in [1.82, 2.24) is 5.32 Å². The van der Waals surface area contributed by atoms with Gasteiger partial charge in [-0.1, -0.05) is 39.0 Å². The van der Waals surface area contributed by atoms with Crippen molar-refractivity contribution in [3.8, 4) is 0 Å². The quantitative estimate of drug-likeness (QED) is 0.892. The molecular formula is C17H28N2. The van der Waals surface area contributed by atoms with Crippen molar-refractivity contribution in [3.63, 3.8) is 0 Å². The molecule has 1 saturated heterocycles. The lowest BCUT2D eigenvalue weighted by Crippen LogP contribution is -2.53. The van der Waals surface area contributed by atoms with E-state index in [0.717, 1.165) is 6.54 Å². The van der Waals surface area contributed by atoms with Crippen LogP contribution in [-0.4, -0.2) is 25.7 Å². The van der Waals surface area contributed by atoms with Crippen molar-refractivity contribution in [2.45, 2.75) is 52.1 Å². The van der Waals surface area contributed by atoms with E-state index in [0.29, 0.717) is 23.9 Å². The molecule has 0 bridgehead atoms. The average molecular weight is 260 g/mol. The number of rotatable bonds is 3. The highest BCUT2D eigenvalue weighted by Crippen LogP contribution is 2.33. The number of nitrogens with one attached hydrogen (secondary N) is 1. The second-order valence-corrected chi connectivity index (χ2v) is 6.19. The van der Waals surface area contributed by atoms with E-state index in [-0.39, 0.29) is 0 Å². The number of para-hydroxylation sites is 1. The van der Waals surface area contributed by atoms with Crippen LogP contribution in [0.2, 0.25) is 0 Å². The fourth-order valence-electron chi connectivity index (χ4n) is 3.35. The molecule has 2 heteroatoms. The van der Waals surface area contributed by atoms with Crippen LogP contribution in [0.3, 0.4) is 0 Å². The van der Waals surface area contributed by atoms with E-state index < -0.39 is 0 Å². The van der Waals surface area contributed by atoms with E-state index in [1.165, 1.54) is 17.7 Å². The lowest BCUT2D eigenvalue weighted by Gasteiger charge is -2.45. The minimum Gasteiger partial charge on any atom is -0.368 e. The average Bonchev–Trinajstić information content (AvgIpc) is 2.42. The number of benzene rings is 1. The van der Waals surface area contributed by atoms with E-state index in [9.17, 15) is 0 Å². The second kappa shape index (κ2) is 5.96. The Morgan fingerprint density at radius 1 is 1.21 bits per heavy atom. The monoisotopic (exact) mass is 260 g/mol. The first-order valence-electron chi connectivity index (χ1n) is 7.59. The third kappa shape index (κ3) is 2.79. The van der Waals surface area contributed by atoms with E-state index in [1.54, 1.807) is 0 Å². The highest BCUT2D eigenvalue weighted by atomic mass is 15.2. The van der Waals surface area contributed by atoms with Crippen LogP contribution in [-0.2, 0) is 0 Å². The van der Waals surface area contributed by atoms with Gasteiger partial charge in [-0.2, -0.15) is 0 Å². The van der Waals surface area contributed by atoms with Crippen molar-refractivity contribution in [2.24, 2.45) is 5.92 Å². The Balaban J connectivity index is 2.28. The number of piperidine rings is 1. The summed E-state index contributed by atoms with van der Waals surface area (Å²) in [5, 5.41) is 3.47. The van der Waals surface area contributed by atoms with Gasteiger partial charge in [-0.3, -0.25) is 0 Å². The Bertz CT molecular complexity index is 413. The maximum Gasteiger partial charge on any atom is 0.0403 e. The molecule has 2 nitrogen and oxygen atoms in total. The molecular weight excluding hydrogens is 232 g/mol. The van der Waals surface area contributed by atoms with Crippen LogP contribution in [0.4, 0.5) is 5.69 Å². The Morgan fingerprint density at radius 3 is 2.53 bits per heavy atom. The predicted molar refractivity (Wildman–Crippen MR) is 84.0 cm³/mol. The van der Waals surface area contributed by atoms with Crippen LogP contribution in [0.25, 0.3) is 0 Å². The van der Waals surface area contributed by atoms with Gasteiger partial charge in [0.05, 0.1) is 0 Å². The lowest BCUT2D eigenvalue weighted by atomic mass is 9.86. The summed E-state index contributed by atoms with van der Waals surface area (Å²) < 4.78 is 0. The summed E-state index contributed by atoms with van der Waals surface area (Å²) in [5.74, 6) is 1.26. The summed E-state index contributed by atoms with van der Waals surface area (Å²) in [4.78, 5) is 2.60. The van der Waals surface area contributed by atoms with Crippen molar-refractivity contribution >= 4 is 5.69 Å². The molecule has 1 aromatic rings. The Labute approximate surface area is 118 Å². The van der Waals surface area contributed by atoms with Crippen LogP contribution in [0.5, 0.6) is 0 Å². The zero-order valence-corrected chi connectivity index (χ0v) is 13.0. The Hall–Kier alpha value is -1.02. The molecule has 2 rings (SSSR count). The third-order valence-corrected chi connectivity index (χ3v) is 4.81. The summed E-state index contributed by atoms with van der Waals surface area (Å²) in [6.07, 6.45) is 1.23. The number of hydrogen-bond acceptors (Lipinski definition) is 2. The summed E-state index contributed by atoms with van der Waals surface area (Å²) in [5.41, 5.74) is 2.91. The molecule has 19 heavy (non-hydrogen) atoms. The van der Waals surface area contributed by atoms with Gasteiger partial charge in [-0.25, -0.2) is 0 Å². The zero-order valence-electron chi connectivity index (χ0n) is 13.0. The summed E-state index contributed by atoms with van der Waals surface area (Å²) in [7, 11) is 2.09. The Kier molecular flexibility index (Phi) is 4.51. The van der Waals surface area contributed by atoms with Gasteiger partial charge >= 0.3 is 0 Å². The summed E-state index contributed by atoms with van der Waals surface area (Å²) in [6, 6.07) is 10.1. The van der Waals surface area contributed by atoms with E-state index >= 15 is 0 Å². The van der Waals surface area contributed by atoms with Gasteiger partial charge in [0, 0.05) is 24.3 Å². The van der Waals surface area contributed by atoms with Gasteiger partial charge in [0.15, 0.2) is 0 Å². The molecule has 0 amide bonds. The largest absolute Gasteiger partial charge is 0.368 e. The lowest BCUT2D eigenvalue weighted by molar-refractivity contribution is 0.282. The van der Waals surface area contributed by atoms with Gasteiger partial charge in [0.2, 0.25) is 0 Å². The molecule has 106 valence electrons. The summed E-state index contributed by atoms with van der Waals surface area (Å²) in [6.45, 7) is 10.5. The number of hydrogen-bond donors (Lipinski definition) is 1. The van der Waals surface area contributed by atoms with Gasteiger partial charge in [-0.05, 0) is 43.9 Å². The van der Waals surface area contributed by atoms with Crippen LogP contribution < -0.4 is 10.2 Å². The molecule has 1 aliphatic rings. The minimum atomic E-state index is 0.584. The molecule has 3 atom stereocenters. The van der Waals surface area contributed by atoms with E-state index in [4.69, 9.17) is 0 Å². The molecule has 0 radical (unpaired) electrons. The maximum absolute atomic E-state index is 3.47. The molecule has 1 fully saturated rings. The SMILES string of the molecule is CNC1CCN(c2ccccc2C(C)C)C(C)C1C. The molecule has 1 aromatic carbocycles. The second-order valence-electron chi connectivity index (χ2n) is 6.19. The van der Waals surface area contributed by atoms with Crippen molar-refractivity contribution in [2.75, 3.05) is 18.5 Å². The fourth-order valence-corrected chi connectivity index (χ4v) is 3.35. The molecule has 1 N–H and O–H groups in total.